The molecule has 0 unspecified atom stereocenters. The van der Waals surface area contributed by atoms with Gasteiger partial charge in [-0.05, 0) is 66.4 Å². The van der Waals surface area contributed by atoms with Crippen LogP contribution in [0.3, 0.4) is 0 Å². The minimum Gasteiger partial charge on any atom is -0.503 e. The van der Waals surface area contributed by atoms with Crippen molar-refractivity contribution >= 4 is 15.9 Å². The molecule has 118 valence electrons. The highest BCUT2D eigenvalue weighted by Gasteiger charge is 2.16. The summed E-state index contributed by atoms with van der Waals surface area (Å²) < 4.78 is 11.6. The molecule has 2 rings (SSSR count). The summed E-state index contributed by atoms with van der Waals surface area (Å²) in [6.07, 6.45) is 2.29. The van der Waals surface area contributed by atoms with Crippen LogP contribution in [0, 0.1) is 5.92 Å². The van der Waals surface area contributed by atoms with Crippen LogP contribution >= 0.6 is 15.9 Å². The minimum absolute atomic E-state index is 0.174. The van der Waals surface area contributed by atoms with Crippen molar-refractivity contribution in [2.45, 2.75) is 26.3 Å². The first-order valence-electron chi connectivity index (χ1n) is 7.50. The van der Waals surface area contributed by atoms with Gasteiger partial charge in [-0.25, -0.2) is 0 Å². The lowest BCUT2D eigenvalue weighted by Crippen LogP contribution is -2.29. The van der Waals surface area contributed by atoms with Crippen molar-refractivity contribution in [2.24, 2.45) is 5.92 Å². The summed E-state index contributed by atoms with van der Waals surface area (Å²) in [6.45, 7) is 6.15. The van der Waals surface area contributed by atoms with Crippen LogP contribution < -0.4 is 4.74 Å². The van der Waals surface area contributed by atoms with E-state index < -0.39 is 0 Å². The van der Waals surface area contributed by atoms with Gasteiger partial charge in [0.2, 0.25) is 0 Å². The second-order valence-corrected chi connectivity index (χ2v) is 6.46. The van der Waals surface area contributed by atoms with Gasteiger partial charge in [0.15, 0.2) is 11.5 Å². The Morgan fingerprint density at radius 1 is 1.38 bits per heavy atom. The molecule has 1 fully saturated rings. The van der Waals surface area contributed by atoms with E-state index in [-0.39, 0.29) is 5.75 Å². The third kappa shape index (κ3) is 4.87. The van der Waals surface area contributed by atoms with Crippen LogP contribution in [0.5, 0.6) is 11.5 Å². The molecule has 21 heavy (non-hydrogen) atoms. The van der Waals surface area contributed by atoms with Gasteiger partial charge in [0.25, 0.3) is 0 Å². The Hall–Kier alpha value is -0.780. The van der Waals surface area contributed by atoms with Crippen molar-refractivity contribution in [1.29, 1.82) is 0 Å². The largest absolute Gasteiger partial charge is 0.503 e. The van der Waals surface area contributed by atoms with Gasteiger partial charge < -0.3 is 19.5 Å². The van der Waals surface area contributed by atoms with E-state index in [1.807, 2.05) is 19.1 Å². The van der Waals surface area contributed by atoms with Crippen LogP contribution in [0.2, 0.25) is 0 Å². The lowest BCUT2D eigenvalue weighted by Gasteiger charge is -2.27. The predicted molar refractivity (Wildman–Crippen MR) is 86.9 cm³/mol. The Morgan fingerprint density at radius 3 is 2.76 bits per heavy atom. The molecule has 0 aliphatic carbocycles. The maximum absolute atomic E-state index is 9.95. The Kier molecular flexibility index (Phi) is 6.33. The highest BCUT2D eigenvalue weighted by molar-refractivity contribution is 9.10. The van der Waals surface area contributed by atoms with Crippen molar-refractivity contribution < 1.29 is 14.6 Å². The standard InChI is InChI=1S/C16H24BrNO3/c1-3-21-15-9-13(8-14(17)16(15)19)11-18(2)10-12-4-6-20-7-5-12/h8-9,12,19H,3-7,10-11H2,1-2H3. The predicted octanol–water partition coefficient (Wildman–Crippen LogP) is 3.41. The first-order chi connectivity index (χ1) is 10.1. The molecule has 0 amide bonds. The number of halogens is 1. The second-order valence-electron chi connectivity index (χ2n) is 5.61. The van der Waals surface area contributed by atoms with Crippen LogP contribution in [0.4, 0.5) is 0 Å². The van der Waals surface area contributed by atoms with Gasteiger partial charge in [-0.1, -0.05) is 0 Å². The van der Waals surface area contributed by atoms with Crippen molar-refractivity contribution in [2.75, 3.05) is 33.4 Å². The Balaban J connectivity index is 1.97. The minimum atomic E-state index is 0.174. The van der Waals surface area contributed by atoms with Gasteiger partial charge in [0.05, 0.1) is 11.1 Å². The summed E-state index contributed by atoms with van der Waals surface area (Å²) in [5, 5.41) is 9.95. The molecule has 5 heteroatoms. The summed E-state index contributed by atoms with van der Waals surface area (Å²) in [5.74, 6) is 1.43. The summed E-state index contributed by atoms with van der Waals surface area (Å²) in [6, 6.07) is 3.88. The molecular formula is C16H24BrNO3. The third-order valence-corrected chi connectivity index (χ3v) is 4.36. The first-order valence-corrected chi connectivity index (χ1v) is 8.30. The number of phenolic OH excluding ortho intramolecular Hbond substituents is 1. The average molecular weight is 358 g/mol. The average Bonchev–Trinajstić information content (AvgIpc) is 2.45. The zero-order valence-corrected chi connectivity index (χ0v) is 14.4. The lowest BCUT2D eigenvalue weighted by molar-refractivity contribution is 0.0549. The van der Waals surface area contributed by atoms with E-state index in [2.05, 4.69) is 27.9 Å². The number of aromatic hydroxyl groups is 1. The maximum Gasteiger partial charge on any atom is 0.172 e. The van der Waals surface area contributed by atoms with E-state index in [9.17, 15) is 5.11 Å². The fourth-order valence-corrected chi connectivity index (χ4v) is 3.22. The normalized spacial score (nSPS) is 16.4. The third-order valence-electron chi connectivity index (χ3n) is 3.75. The molecule has 1 aromatic carbocycles. The lowest BCUT2D eigenvalue weighted by atomic mass is 10.00. The summed E-state index contributed by atoms with van der Waals surface area (Å²) in [7, 11) is 2.14. The first kappa shape index (κ1) is 16.6. The number of nitrogens with zero attached hydrogens (tertiary/aromatic N) is 1. The van der Waals surface area contributed by atoms with E-state index in [4.69, 9.17) is 9.47 Å². The molecule has 0 spiro atoms. The molecular weight excluding hydrogens is 334 g/mol. The van der Waals surface area contributed by atoms with Crippen LogP contribution in [0.25, 0.3) is 0 Å². The van der Waals surface area contributed by atoms with Gasteiger partial charge in [-0.3, -0.25) is 0 Å². The van der Waals surface area contributed by atoms with Gasteiger partial charge in [-0.15, -0.1) is 0 Å². The molecule has 0 bridgehead atoms. The van der Waals surface area contributed by atoms with E-state index in [1.165, 1.54) is 0 Å². The van der Waals surface area contributed by atoms with Crippen molar-refractivity contribution in [1.82, 2.24) is 4.90 Å². The molecule has 0 aromatic heterocycles. The smallest absolute Gasteiger partial charge is 0.172 e. The van der Waals surface area contributed by atoms with Gasteiger partial charge in [0, 0.05) is 26.3 Å². The molecule has 0 radical (unpaired) electrons. The Bertz CT molecular complexity index is 461. The number of benzene rings is 1. The highest BCUT2D eigenvalue weighted by Crippen LogP contribution is 2.35. The Labute approximate surface area is 135 Å². The zero-order chi connectivity index (χ0) is 15.2. The number of hydrogen-bond donors (Lipinski definition) is 1. The monoisotopic (exact) mass is 357 g/mol. The molecule has 1 aliphatic rings. The van der Waals surface area contributed by atoms with Crippen LogP contribution in [-0.2, 0) is 11.3 Å². The SMILES string of the molecule is CCOc1cc(CN(C)CC2CCOCC2)cc(Br)c1O. The number of hydrogen-bond acceptors (Lipinski definition) is 4. The van der Waals surface area contributed by atoms with Crippen LogP contribution in [0.15, 0.2) is 16.6 Å². The van der Waals surface area contributed by atoms with Crippen LogP contribution in [-0.4, -0.2) is 43.4 Å². The van der Waals surface area contributed by atoms with E-state index in [1.54, 1.807) is 0 Å². The molecule has 1 N–H and O–H groups in total. The second kappa shape index (κ2) is 8.01. The summed E-state index contributed by atoms with van der Waals surface area (Å²) in [4.78, 5) is 2.32. The molecule has 1 saturated heterocycles. The molecule has 0 saturated carbocycles. The van der Waals surface area contributed by atoms with Gasteiger partial charge in [-0.2, -0.15) is 0 Å². The fourth-order valence-electron chi connectivity index (χ4n) is 2.73. The van der Waals surface area contributed by atoms with Crippen molar-refractivity contribution in [3.05, 3.63) is 22.2 Å². The molecule has 1 aliphatic heterocycles. The zero-order valence-electron chi connectivity index (χ0n) is 12.8. The topological polar surface area (TPSA) is 41.9 Å². The molecule has 4 nitrogen and oxygen atoms in total. The number of ether oxygens (including phenoxy) is 2. The highest BCUT2D eigenvalue weighted by atomic mass is 79.9. The molecule has 1 heterocycles. The number of phenols is 1. The van der Waals surface area contributed by atoms with E-state index in [0.717, 1.165) is 50.6 Å². The van der Waals surface area contributed by atoms with E-state index >= 15 is 0 Å². The van der Waals surface area contributed by atoms with Gasteiger partial charge in [0.1, 0.15) is 0 Å². The fraction of sp³-hybridized carbons (Fsp3) is 0.625. The van der Waals surface area contributed by atoms with Crippen LogP contribution in [0.1, 0.15) is 25.3 Å². The maximum atomic E-state index is 9.95. The molecule has 1 aromatic rings. The Morgan fingerprint density at radius 2 is 2.10 bits per heavy atom. The van der Waals surface area contributed by atoms with Crippen molar-refractivity contribution in [3.63, 3.8) is 0 Å². The summed E-state index contributed by atoms with van der Waals surface area (Å²) in [5.41, 5.74) is 1.14. The van der Waals surface area contributed by atoms with E-state index in [0.29, 0.717) is 16.8 Å². The quantitative estimate of drug-likeness (QED) is 0.846. The van der Waals surface area contributed by atoms with Gasteiger partial charge >= 0.3 is 0 Å². The van der Waals surface area contributed by atoms with Crippen molar-refractivity contribution in [3.8, 4) is 11.5 Å². The molecule has 0 atom stereocenters. The number of rotatable bonds is 6. The summed E-state index contributed by atoms with van der Waals surface area (Å²) >= 11 is 3.39.